The van der Waals surface area contributed by atoms with Crippen molar-refractivity contribution >= 4 is 27.5 Å². The highest BCUT2D eigenvalue weighted by Crippen LogP contribution is 2.71. The summed E-state index contributed by atoms with van der Waals surface area (Å²) in [5, 5.41) is 12.4. The van der Waals surface area contributed by atoms with E-state index in [2.05, 4.69) is 33.9 Å². The lowest BCUT2D eigenvalue weighted by atomic mass is 9.44. The Labute approximate surface area is 264 Å². The van der Waals surface area contributed by atoms with Gasteiger partial charge in [0.2, 0.25) is 0 Å². The largest absolute Gasteiger partial charge is 0.409 e. The molecule has 0 bridgehead atoms. The average Bonchev–Trinajstić information content (AvgIpc) is 3.12. The molecule has 0 spiro atoms. The summed E-state index contributed by atoms with van der Waals surface area (Å²) in [4.78, 5) is 26.5. The van der Waals surface area contributed by atoms with Crippen LogP contribution in [0.15, 0.2) is 23.8 Å². The summed E-state index contributed by atoms with van der Waals surface area (Å²) in [6, 6.07) is 0. The van der Waals surface area contributed by atoms with Crippen molar-refractivity contribution in [2.45, 2.75) is 117 Å². The van der Waals surface area contributed by atoms with Crippen LogP contribution in [0.25, 0.3) is 0 Å². The topological polar surface area (TPSA) is 108 Å². The van der Waals surface area contributed by atoms with E-state index >= 15 is 4.39 Å². The first-order valence-electron chi connectivity index (χ1n) is 16.2. The van der Waals surface area contributed by atoms with Crippen molar-refractivity contribution in [1.82, 2.24) is 0 Å². The Balaban J connectivity index is 1.78. The summed E-state index contributed by atoms with van der Waals surface area (Å²) in [5.74, 6) is -1.92. The van der Waals surface area contributed by atoms with Gasteiger partial charge in [0.05, 0.1) is 25.9 Å². The number of aliphatic hydroxyl groups is 1. The van der Waals surface area contributed by atoms with Gasteiger partial charge in [0.1, 0.15) is 11.9 Å². The van der Waals surface area contributed by atoms with E-state index in [-0.39, 0.29) is 48.8 Å². The number of carbonyl (C=O) groups excluding carboxylic acids is 2. The maximum Gasteiger partial charge on any atom is 0.356 e. The van der Waals surface area contributed by atoms with Gasteiger partial charge in [-0.1, -0.05) is 46.3 Å². The molecule has 0 saturated heterocycles. The van der Waals surface area contributed by atoms with Gasteiger partial charge in [-0.15, -0.1) is 0 Å². The zero-order valence-corrected chi connectivity index (χ0v) is 30.2. The SMILES string of the molecule is CCOP(=O)(CO[C@H]1C[C@@]2(C)[C@@H](C[C@@H](C)[C@]2(O)C(=O)CO[Si](C)(C)C(C)(C)C)[C@@H]2CCC3=CC(=O)C=C[C@]3(C)[C@@]12F)OCC. The summed E-state index contributed by atoms with van der Waals surface area (Å²) < 4.78 is 55.5. The van der Waals surface area contributed by atoms with Crippen molar-refractivity contribution in [1.29, 1.82) is 0 Å². The van der Waals surface area contributed by atoms with Crippen LogP contribution in [-0.2, 0) is 32.4 Å². The van der Waals surface area contributed by atoms with Gasteiger partial charge in [0.15, 0.2) is 25.6 Å². The van der Waals surface area contributed by atoms with Gasteiger partial charge >= 0.3 is 7.60 Å². The van der Waals surface area contributed by atoms with Gasteiger partial charge in [-0.3, -0.25) is 14.2 Å². The molecule has 0 aromatic carbocycles. The van der Waals surface area contributed by atoms with E-state index in [1.807, 2.05) is 13.8 Å². The third-order valence-electron chi connectivity index (χ3n) is 12.1. The third kappa shape index (κ3) is 5.42. The number of ketones is 2. The number of fused-ring (bicyclic) bond motifs is 5. The summed E-state index contributed by atoms with van der Waals surface area (Å²) in [7, 11) is -6.01. The second kappa shape index (κ2) is 11.9. The van der Waals surface area contributed by atoms with Crippen LogP contribution in [0.4, 0.5) is 4.39 Å². The van der Waals surface area contributed by atoms with Gasteiger partial charge < -0.3 is 23.3 Å². The number of ether oxygens (including phenoxy) is 1. The molecule has 3 saturated carbocycles. The minimum atomic E-state index is -3.71. The summed E-state index contributed by atoms with van der Waals surface area (Å²) >= 11 is 0. The van der Waals surface area contributed by atoms with Gasteiger partial charge in [0.25, 0.3) is 0 Å². The third-order valence-corrected chi connectivity index (χ3v) is 18.3. The maximum atomic E-state index is 18.4. The number of allylic oxidation sites excluding steroid dienone is 4. The number of carbonyl (C=O) groups is 2. The highest BCUT2D eigenvalue weighted by molar-refractivity contribution is 7.53. The molecule has 0 aliphatic heterocycles. The quantitative estimate of drug-likeness (QED) is 0.184. The fraction of sp³-hybridized carbons (Fsp3) is 0.818. The van der Waals surface area contributed by atoms with Crippen molar-refractivity contribution in [3.8, 4) is 0 Å². The van der Waals surface area contributed by atoms with Gasteiger partial charge in [0, 0.05) is 16.7 Å². The molecule has 0 heterocycles. The zero-order valence-electron chi connectivity index (χ0n) is 28.3. The number of rotatable bonds is 11. The maximum absolute atomic E-state index is 18.4. The van der Waals surface area contributed by atoms with Crippen molar-refractivity contribution in [3.05, 3.63) is 23.8 Å². The van der Waals surface area contributed by atoms with Crippen LogP contribution in [0.3, 0.4) is 0 Å². The highest BCUT2D eigenvalue weighted by atomic mass is 31.2. The van der Waals surface area contributed by atoms with Gasteiger partial charge in [-0.25, -0.2) is 4.39 Å². The van der Waals surface area contributed by atoms with E-state index in [1.165, 1.54) is 12.2 Å². The summed E-state index contributed by atoms with van der Waals surface area (Å²) in [6.45, 7) is 19.4. The van der Waals surface area contributed by atoms with Crippen LogP contribution in [-0.4, -0.2) is 68.5 Å². The van der Waals surface area contributed by atoms with Crippen molar-refractivity contribution in [2.75, 3.05) is 26.2 Å². The number of Topliss-reactive ketones (excluding diaryl/α,β-unsaturated/α-hetero) is 1. The molecule has 0 aromatic rings. The number of hydrogen-bond donors (Lipinski definition) is 1. The Morgan fingerprint density at radius 3 is 2.34 bits per heavy atom. The van der Waals surface area contributed by atoms with E-state index in [1.54, 1.807) is 26.8 Å². The lowest BCUT2D eigenvalue weighted by molar-refractivity contribution is -0.228. The molecule has 8 atom stereocenters. The van der Waals surface area contributed by atoms with Crippen molar-refractivity contribution < 1.29 is 41.9 Å². The Kier molecular flexibility index (Phi) is 9.70. The molecule has 0 amide bonds. The minimum absolute atomic E-state index is 0.0141. The van der Waals surface area contributed by atoms with Gasteiger partial charge in [-0.05, 0) is 88.6 Å². The Morgan fingerprint density at radius 2 is 1.77 bits per heavy atom. The average molecular weight is 657 g/mol. The van der Waals surface area contributed by atoms with Crippen molar-refractivity contribution in [3.63, 3.8) is 0 Å². The van der Waals surface area contributed by atoms with Gasteiger partial charge in [-0.2, -0.15) is 0 Å². The van der Waals surface area contributed by atoms with E-state index in [4.69, 9.17) is 18.2 Å². The molecule has 1 N–H and O–H groups in total. The number of halogens is 1. The standard InChI is InChI=1S/C33H54FO8PSi/c1-11-40-43(38,41-12-2)21-39-28-19-31(8)26(25-14-13-23-18-24(35)15-16-30(23,7)32(25,28)34)17-22(3)33(31,37)27(36)20-42-44(9,10)29(4,5)6/h15-16,18,22,25-26,28,37H,11-14,17,19-21H2,1-10H3/t22-,25+,26+,28+,30+,31+,32+,33+/m1/s1. The molecule has 8 nitrogen and oxygen atoms in total. The fourth-order valence-corrected chi connectivity index (χ4v) is 10.8. The predicted octanol–water partition coefficient (Wildman–Crippen LogP) is 7.17. The summed E-state index contributed by atoms with van der Waals surface area (Å²) in [6.07, 6.45) is 4.41. The predicted molar refractivity (Wildman–Crippen MR) is 171 cm³/mol. The van der Waals surface area contributed by atoms with E-state index in [0.717, 1.165) is 0 Å². The lowest BCUT2D eigenvalue weighted by Gasteiger charge is -2.63. The summed E-state index contributed by atoms with van der Waals surface area (Å²) in [5.41, 5.74) is -5.27. The van der Waals surface area contributed by atoms with Crippen LogP contribution < -0.4 is 0 Å². The number of alkyl halides is 1. The molecule has 0 radical (unpaired) electrons. The van der Waals surface area contributed by atoms with Crippen LogP contribution in [0.1, 0.15) is 81.1 Å². The molecule has 4 aliphatic carbocycles. The first kappa shape index (κ1) is 35.8. The van der Waals surface area contributed by atoms with Crippen LogP contribution in [0, 0.1) is 28.6 Å². The van der Waals surface area contributed by atoms with Crippen molar-refractivity contribution in [2.24, 2.45) is 28.6 Å². The molecule has 0 unspecified atom stereocenters. The second-order valence-corrected chi connectivity index (χ2v) is 22.2. The molecule has 11 heteroatoms. The number of hydrogen-bond acceptors (Lipinski definition) is 8. The zero-order chi connectivity index (χ0) is 33.1. The molecular formula is C33H54FO8PSi. The lowest BCUT2D eigenvalue weighted by Crippen LogP contribution is -2.70. The molecule has 3 fully saturated rings. The smallest absolute Gasteiger partial charge is 0.356 e. The molecule has 4 rings (SSSR count). The first-order chi connectivity index (χ1) is 20.2. The molecule has 4 aliphatic rings. The highest BCUT2D eigenvalue weighted by Gasteiger charge is 2.76. The van der Waals surface area contributed by atoms with E-state index in [9.17, 15) is 19.3 Å². The minimum Gasteiger partial charge on any atom is -0.409 e. The Morgan fingerprint density at radius 1 is 1.16 bits per heavy atom. The molecule has 0 aromatic heterocycles. The molecular weight excluding hydrogens is 602 g/mol. The van der Waals surface area contributed by atoms with Crippen LogP contribution in [0.2, 0.25) is 18.1 Å². The van der Waals surface area contributed by atoms with Crippen LogP contribution in [0.5, 0.6) is 0 Å². The first-order valence-corrected chi connectivity index (χ1v) is 20.8. The Bertz CT molecular complexity index is 1250. The second-order valence-electron chi connectivity index (χ2n) is 15.4. The van der Waals surface area contributed by atoms with Crippen LogP contribution >= 0.6 is 7.60 Å². The molecule has 250 valence electrons. The molecule has 44 heavy (non-hydrogen) atoms. The monoisotopic (exact) mass is 656 g/mol. The fourth-order valence-electron chi connectivity index (χ4n) is 8.54. The normalized spacial score (nSPS) is 39.0. The van der Waals surface area contributed by atoms with E-state index < -0.39 is 62.3 Å². The van der Waals surface area contributed by atoms with E-state index in [0.29, 0.717) is 24.8 Å². The Hall–Kier alpha value is -1.00.